The predicted octanol–water partition coefficient (Wildman–Crippen LogP) is 4.93. The number of primary sulfonamides is 1. The summed E-state index contributed by atoms with van der Waals surface area (Å²) in [6, 6.07) is 26.8. The Hall–Kier alpha value is -3.74. The second-order valence-corrected chi connectivity index (χ2v) is 8.82. The molecule has 0 radical (unpaired) electrons. The molecule has 31 heavy (non-hydrogen) atoms. The van der Waals surface area contributed by atoms with Gasteiger partial charge in [-0.05, 0) is 58.8 Å². The van der Waals surface area contributed by atoms with Crippen molar-refractivity contribution in [1.29, 1.82) is 0 Å². The van der Waals surface area contributed by atoms with Gasteiger partial charge < -0.3 is 4.42 Å². The van der Waals surface area contributed by atoms with Crippen LogP contribution in [0.5, 0.6) is 0 Å². The molecule has 0 unspecified atom stereocenters. The van der Waals surface area contributed by atoms with Crippen LogP contribution in [0, 0.1) is 0 Å². The molecule has 0 atom stereocenters. The third-order valence-corrected chi connectivity index (χ3v) is 6.21. The van der Waals surface area contributed by atoms with E-state index in [9.17, 15) is 13.2 Å². The fourth-order valence-corrected chi connectivity index (χ4v) is 4.26. The number of fused-ring (bicyclic) bond motifs is 2. The maximum Gasteiger partial charge on any atom is 0.238 e. The first-order chi connectivity index (χ1) is 14.9. The highest BCUT2D eigenvalue weighted by Crippen LogP contribution is 2.34. The van der Waals surface area contributed by atoms with E-state index in [4.69, 9.17) is 9.56 Å². The van der Waals surface area contributed by atoms with Crippen LogP contribution in [-0.4, -0.2) is 8.42 Å². The molecule has 0 aliphatic carbocycles. The molecule has 152 valence electrons. The van der Waals surface area contributed by atoms with Crippen LogP contribution in [0.3, 0.4) is 0 Å². The monoisotopic (exact) mass is 427 g/mol. The summed E-state index contributed by atoms with van der Waals surface area (Å²) in [6.07, 6.45) is 0. The molecule has 5 rings (SSSR count). The van der Waals surface area contributed by atoms with Crippen molar-refractivity contribution in [3.8, 4) is 22.5 Å². The molecule has 5 nitrogen and oxygen atoms in total. The van der Waals surface area contributed by atoms with Gasteiger partial charge in [0.15, 0.2) is 0 Å². The van der Waals surface area contributed by atoms with Crippen LogP contribution in [0.4, 0.5) is 0 Å². The number of hydrogen-bond donors (Lipinski definition) is 1. The molecule has 0 amide bonds. The van der Waals surface area contributed by atoms with E-state index in [1.807, 2.05) is 42.5 Å². The summed E-state index contributed by atoms with van der Waals surface area (Å²) in [7, 11) is -3.82. The first-order valence-corrected chi connectivity index (χ1v) is 11.1. The number of nitrogens with two attached hydrogens (primary N) is 1. The Morgan fingerprint density at radius 2 is 1.35 bits per heavy atom. The molecule has 0 aliphatic rings. The van der Waals surface area contributed by atoms with E-state index in [1.165, 1.54) is 12.1 Å². The van der Waals surface area contributed by atoms with Crippen LogP contribution in [0.2, 0.25) is 0 Å². The lowest BCUT2D eigenvalue weighted by molar-refractivity contribution is 0.597. The van der Waals surface area contributed by atoms with Gasteiger partial charge >= 0.3 is 0 Å². The van der Waals surface area contributed by atoms with Crippen LogP contribution in [0.1, 0.15) is 0 Å². The Labute approximate surface area is 178 Å². The molecule has 0 bridgehead atoms. The number of rotatable bonds is 3. The Morgan fingerprint density at radius 3 is 2.10 bits per heavy atom. The van der Waals surface area contributed by atoms with Gasteiger partial charge in [0.25, 0.3) is 0 Å². The maximum absolute atomic E-state index is 13.5. The number of para-hydroxylation sites is 1. The smallest absolute Gasteiger partial charge is 0.238 e. The quantitative estimate of drug-likeness (QED) is 0.442. The minimum Gasteiger partial charge on any atom is -0.455 e. The predicted molar refractivity (Wildman–Crippen MR) is 122 cm³/mol. The SMILES string of the molecule is NS(=O)(=O)c1ccc(-c2oc3ccccc3c(=O)c2-c2ccc3ccccc3c2)cc1. The third kappa shape index (κ3) is 3.42. The van der Waals surface area contributed by atoms with Gasteiger partial charge in [-0.1, -0.05) is 48.5 Å². The van der Waals surface area contributed by atoms with Crippen molar-refractivity contribution in [2.24, 2.45) is 5.14 Å². The molecule has 6 heteroatoms. The van der Waals surface area contributed by atoms with Gasteiger partial charge in [0.1, 0.15) is 11.3 Å². The number of sulfonamides is 1. The summed E-state index contributed by atoms with van der Waals surface area (Å²) in [4.78, 5) is 13.5. The van der Waals surface area contributed by atoms with Gasteiger partial charge in [0.2, 0.25) is 15.5 Å². The summed E-state index contributed by atoms with van der Waals surface area (Å²) >= 11 is 0. The highest BCUT2D eigenvalue weighted by molar-refractivity contribution is 7.89. The standard InChI is InChI=1S/C25H17NO4S/c26-31(28,29)20-13-11-17(12-14-20)25-23(24(27)21-7-3-4-8-22(21)30-25)19-10-9-16-5-1-2-6-18(16)15-19/h1-15H,(H2,26,28,29). The van der Waals surface area contributed by atoms with Crippen LogP contribution < -0.4 is 10.6 Å². The Bertz CT molecular complexity index is 1620. The molecular formula is C25H17NO4S. The first kappa shape index (κ1) is 19.2. The molecule has 2 N–H and O–H groups in total. The molecule has 1 heterocycles. The van der Waals surface area contributed by atoms with Gasteiger partial charge in [0.05, 0.1) is 15.8 Å². The highest BCUT2D eigenvalue weighted by Gasteiger charge is 2.19. The lowest BCUT2D eigenvalue weighted by Crippen LogP contribution is -2.12. The molecule has 4 aromatic carbocycles. The van der Waals surface area contributed by atoms with Crippen LogP contribution in [-0.2, 0) is 10.0 Å². The van der Waals surface area contributed by atoms with E-state index in [-0.39, 0.29) is 10.3 Å². The highest BCUT2D eigenvalue weighted by atomic mass is 32.2. The van der Waals surface area contributed by atoms with Gasteiger partial charge in [0, 0.05) is 5.56 Å². The van der Waals surface area contributed by atoms with Crippen molar-refractivity contribution in [1.82, 2.24) is 0 Å². The largest absolute Gasteiger partial charge is 0.455 e. The topological polar surface area (TPSA) is 90.4 Å². The maximum atomic E-state index is 13.5. The van der Waals surface area contributed by atoms with Gasteiger partial charge in [-0.15, -0.1) is 0 Å². The Kier molecular flexibility index (Phi) is 4.46. The number of hydrogen-bond acceptors (Lipinski definition) is 4. The summed E-state index contributed by atoms with van der Waals surface area (Å²) in [5.41, 5.74) is 2.04. The van der Waals surface area contributed by atoms with Crippen LogP contribution >= 0.6 is 0 Å². The van der Waals surface area contributed by atoms with Crippen molar-refractivity contribution in [3.63, 3.8) is 0 Å². The molecular weight excluding hydrogens is 410 g/mol. The Morgan fingerprint density at radius 1 is 0.710 bits per heavy atom. The fraction of sp³-hybridized carbons (Fsp3) is 0. The van der Waals surface area contributed by atoms with E-state index >= 15 is 0 Å². The van der Waals surface area contributed by atoms with Crippen molar-refractivity contribution in [2.45, 2.75) is 4.90 Å². The zero-order valence-electron chi connectivity index (χ0n) is 16.3. The molecule has 0 aliphatic heterocycles. The van der Waals surface area contributed by atoms with Crippen molar-refractivity contribution >= 4 is 31.8 Å². The normalized spacial score (nSPS) is 11.8. The zero-order valence-corrected chi connectivity index (χ0v) is 17.1. The van der Waals surface area contributed by atoms with Crippen molar-refractivity contribution in [2.75, 3.05) is 0 Å². The van der Waals surface area contributed by atoms with Gasteiger partial charge in [-0.25, -0.2) is 13.6 Å². The Balaban J connectivity index is 1.82. The average molecular weight is 427 g/mol. The average Bonchev–Trinajstić information content (AvgIpc) is 2.78. The van der Waals surface area contributed by atoms with Crippen molar-refractivity contribution < 1.29 is 12.8 Å². The van der Waals surface area contributed by atoms with E-state index < -0.39 is 10.0 Å². The summed E-state index contributed by atoms with van der Waals surface area (Å²) in [5, 5.41) is 7.77. The first-order valence-electron chi connectivity index (χ1n) is 9.60. The third-order valence-electron chi connectivity index (χ3n) is 5.28. The summed E-state index contributed by atoms with van der Waals surface area (Å²) < 4.78 is 29.4. The lowest BCUT2D eigenvalue weighted by Gasteiger charge is -2.12. The van der Waals surface area contributed by atoms with Crippen molar-refractivity contribution in [3.05, 3.63) is 101 Å². The van der Waals surface area contributed by atoms with Gasteiger partial charge in [-0.3, -0.25) is 4.79 Å². The van der Waals surface area contributed by atoms with E-state index in [1.54, 1.807) is 36.4 Å². The zero-order chi connectivity index (χ0) is 21.6. The van der Waals surface area contributed by atoms with E-state index in [2.05, 4.69) is 0 Å². The van der Waals surface area contributed by atoms with Gasteiger partial charge in [-0.2, -0.15) is 0 Å². The van der Waals surface area contributed by atoms with E-state index in [0.717, 1.165) is 16.3 Å². The minimum atomic E-state index is -3.82. The molecule has 1 aromatic heterocycles. The molecule has 5 aromatic rings. The molecule has 0 saturated heterocycles. The summed E-state index contributed by atoms with van der Waals surface area (Å²) in [6.45, 7) is 0. The lowest BCUT2D eigenvalue weighted by atomic mass is 9.96. The minimum absolute atomic E-state index is 0.00774. The van der Waals surface area contributed by atoms with Crippen LogP contribution in [0.15, 0.2) is 105 Å². The fourth-order valence-electron chi connectivity index (χ4n) is 3.75. The second kappa shape index (κ2) is 7.19. The van der Waals surface area contributed by atoms with Crippen LogP contribution in [0.25, 0.3) is 44.2 Å². The second-order valence-electron chi connectivity index (χ2n) is 7.26. The number of benzene rings is 4. The molecule has 0 saturated carbocycles. The van der Waals surface area contributed by atoms with E-state index in [0.29, 0.717) is 27.9 Å². The molecule has 0 fully saturated rings. The summed E-state index contributed by atoms with van der Waals surface area (Å²) in [5.74, 6) is 0.375. The molecule has 0 spiro atoms.